The lowest BCUT2D eigenvalue weighted by molar-refractivity contribution is -0.116. The highest BCUT2D eigenvalue weighted by molar-refractivity contribution is 7.89. The quantitative estimate of drug-likeness (QED) is 0.594. The fourth-order valence-corrected chi connectivity index (χ4v) is 5.60. The third-order valence-corrected chi connectivity index (χ3v) is 8.61. The third-order valence-electron chi connectivity index (χ3n) is 4.88. The topological polar surface area (TPSA) is 122 Å². The van der Waals surface area contributed by atoms with Crippen LogP contribution in [0, 0.1) is 0 Å². The number of ether oxygens (including phenoxy) is 2. The lowest BCUT2D eigenvalue weighted by atomic mass is 10.3. The van der Waals surface area contributed by atoms with Gasteiger partial charge in [-0.15, -0.1) is 0 Å². The first-order valence-corrected chi connectivity index (χ1v) is 12.6. The van der Waals surface area contributed by atoms with Gasteiger partial charge >= 0.3 is 0 Å². The van der Waals surface area contributed by atoms with Gasteiger partial charge in [0.15, 0.2) is 0 Å². The summed E-state index contributed by atoms with van der Waals surface area (Å²) in [4.78, 5) is 12.5. The first-order chi connectivity index (χ1) is 15.1. The molecule has 0 aromatic heterocycles. The summed E-state index contributed by atoms with van der Waals surface area (Å²) >= 11 is 0. The highest BCUT2D eigenvalue weighted by Gasteiger charge is 2.26. The SMILES string of the molecule is COc1ccc(S(=O)(=O)N(C)CC(=O)Nc2ccc(S(=O)(=O)N3CCOCC3)cc2)cc1. The van der Waals surface area contributed by atoms with E-state index in [1.807, 2.05) is 0 Å². The Morgan fingerprint density at radius 3 is 2.12 bits per heavy atom. The molecule has 3 rings (SSSR count). The van der Waals surface area contributed by atoms with Crippen molar-refractivity contribution in [3.05, 3.63) is 48.5 Å². The lowest BCUT2D eigenvalue weighted by Gasteiger charge is -2.26. The number of amides is 1. The van der Waals surface area contributed by atoms with Crippen molar-refractivity contribution in [2.24, 2.45) is 0 Å². The molecule has 2 aromatic carbocycles. The molecule has 10 nitrogen and oxygen atoms in total. The molecule has 0 saturated carbocycles. The molecule has 32 heavy (non-hydrogen) atoms. The zero-order chi connectivity index (χ0) is 23.4. The molecule has 12 heteroatoms. The molecule has 0 spiro atoms. The molecular formula is C20H25N3O7S2. The van der Waals surface area contributed by atoms with E-state index in [4.69, 9.17) is 9.47 Å². The van der Waals surface area contributed by atoms with E-state index in [1.165, 1.54) is 67.0 Å². The van der Waals surface area contributed by atoms with Crippen molar-refractivity contribution < 1.29 is 31.1 Å². The molecule has 1 N–H and O–H groups in total. The maximum atomic E-state index is 12.7. The first-order valence-electron chi connectivity index (χ1n) is 9.73. The Morgan fingerprint density at radius 2 is 1.56 bits per heavy atom. The molecule has 1 aliphatic rings. The second-order valence-electron chi connectivity index (χ2n) is 7.03. The van der Waals surface area contributed by atoms with Crippen molar-refractivity contribution in [3.63, 3.8) is 0 Å². The second-order valence-corrected chi connectivity index (χ2v) is 11.0. The average molecular weight is 484 g/mol. The third kappa shape index (κ3) is 5.45. The zero-order valence-corrected chi connectivity index (χ0v) is 19.4. The number of carbonyl (C=O) groups is 1. The van der Waals surface area contributed by atoms with E-state index in [9.17, 15) is 21.6 Å². The van der Waals surface area contributed by atoms with Crippen LogP contribution in [0.4, 0.5) is 5.69 Å². The van der Waals surface area contributed by atoms with E-state index in [0.717, 1.165) is 4.31 Å². The molecule has 0 radical (unpaired) electrons. The van der Waals surface area contributed by atoms with Crippen molar-refractivity contribution in [3.8, 4) is 5.75 Å². The van der Waals surface area contributed by atoms with Crippen LogP contribution >= 0.6 is 0 Å². The van der Waals surface area contributed by atoms with Crippen LogP contribution in [0.25, 0.3) is 0 Å². The summed E-state index contributed by atoms with van der Waals surface area (Å²) < 4.78 is 63.1. The highest BCUT2D eigenvalue weighted by Crippen LogP contribution is 2.21. The van der Waals surface area contributed by atoms with Crippen molar-refractivity contribution in [1.82, 2.24) is 8.61 Å². The number of rotatable bonds is 8. The zero-order valence-electron chi connectivity index (χ0n) is 17.7. The van der Waals surface area contributed by atoms with Crippen LogP contribution in [0.2, 0.25) is 0 Å². The molecule has 0 unspecified atom stereocenters. The van der Waals surface area contributed by atoms with Crippen LogP contribution in [0.3, 0.4) is 0 Å². The van der Waals surface area contributed by atoms with Gasteiger partial charge < -0.3 is 14.8 Å². The van der Waals surface area contributed by atoms with Gasteiger partial charge in [-0.25, -0.2) is 16.8 Å². The Kier molecular flexibility index (Phi) is 7.51. The van der Waals surface area contributed by atoms with Gasteiger partial charge in [-0.05, 0) is 48.5 Å². The minimum atomic E-state index is -3.87. The van der Waals surface area contributed by atoms with Gasteiger partial charge in [-0.3, -0.25) is 4.79 Å². The van der Waals surface area contributed by atoms with Gasteiger partial charge in [0, 0.05) is 25.8 Å². The number of sulfonamides is 2. The number of methoxy groups -OCH3 is 1. The highest BCUT2D eigenvalue weighted by atomic mass is 32.2. The monoisotopic (exact) mass is 483 g/mol. The maximum Gasteiger partial charge on any atom is 0.243 e. The summed E-state index contributed by atoms with van der Waals surface area (Å²) in [5.41, 5.74) is 0.353. The van der Waals surface area contributed by atoms with E-state index in [1.54, 1.807) is 0 Å². The van der Waals surface area contributed by atoms with Crippen LogP contribution in [0.1, 0.15) is 0 Å². The summed E-state index contributed by atoms with van der Waals surface area (Å²) in [5.74, 6) is -0.0446. The number of carbonyl (C=O) groups excluding carboxylic acids is 1. The molecule has 1 fully saturated rings. The number of nitrogens with zero attached hydrogens (tertiary/aromatic N) is 2. The Balaban J connectivity index is 1.62. The number of anilines is 1. The number of benzene rings is 2. The molecule has 2 aromatic rings. The number of hydrogen-bond donors (Lipinski definition) is 1. The van der Waals surface area contributed by atoms with Crippen LogP contribution in [0.15, 0.2) is 58.3 Å². The standard InChI is InChI=1S/C20H25N3O7S2/c1-22(31(25,26)18-9-5-17(29-2)6-10-18)15-20(24)21-16-3-7-19(8-4-16)32(27,28)23-11-13-30-14-12-23/h3-10H,11-15H2,1-2H3,(H,21,24). The molecule has 0 aliphatic carbocycles. The minimum Gasteiger partial charge on any atom is -0.497 e. The Labute approximate surface area is 187 Å². The van der Waals surface area contributed by atoms with Crippen LogP contribution in [-0.2, 0) is 29.6 Å². The summed E-state index contributed by atoms with van der Waals surface area (Å²) in [7, 11) is -4.73. The largest absolute Gasteiger partial charge is 0.497 e. The smallest absolute Gasteiger partial charge is 0.243 e. The fraction of sp³-hybridized carbons (Fsp3) is 0.350. The number of nitrogens with one attached hydrogen (secondary N) is 1. The average Bonchev–Trinajstić information content (AvgIpc) is 2.80. The number of morpholine rings is 1. The Bertz CT molecular complexity index is 1140. The van der Waals surface area contributed by atoms with E-state index < -0.39 is 32.5 Å². The van der Waals surface area contributed by atoms with Crippen LogP contribution < -0.4 is 10.1 Å². The van der Waals surface area contributed by atoms with Crippen molar-refractivity contribution in [2.45, 2.75) is 9.79 Å². The van der Waals surface area contributed by atoms with Gasteiger partial charge in [0.2, 0.25) is 26.0 Å². The molecular weight excluding hydrogens is 458 g/mol. The number of likely N-dealkylation sites (N-methyl/N-ethyl adjacent to an activating group) is 1. The van der Waals surface area contributed by atoms with Crippen molar-refractivity contribution in [1.29, 1.82) is 0 Å². The van der Waals surface area contributed by atoms with Gasteiger partial charge in [0.25, 0.3) is 0 Å². The molecule has 0 atom stereocenters. The molecule has 1 amide bonds. The van der Waals surface area contributed by atoms with E-state index in [2.05, 4.69) is 5.32 Å². The first kappa shape index (κ1) is 24.1. The second kappa shape index (κ2) is 9.96. The van der Waals surface area contributed by atoms with Crippen LogP contribution in [-0.4, -0.2) is 78.4 Å². The predicted octanol–water partition coefficient (Wildman–Crippen LogP) is 0.975. The van der Waals surface area contributed by atoms with Crippen molar-refractivity contribution in [2.75, 3.05) is 52.3 Å². The van der Waals surface area contributed by atoms with E-state index in [-0.39, 0.29) is 22.9 Å². The normalized spacial score (nSPS) is 15.5. The summed E-state index contributed by atoms with van der Waals surface area (Å²) in [6.45, 7) is 0.856. The van der Waals surface area contributed by atoms with E-state index >= 15 is 0 Å². The number of hydrogen-bond acceptors (Lipinski definition) is 7. The van der Waals surface area contributed by atoms with Gasteiger partial charge in [-0.1, -0.05) is 0 Å². The molecule has 1 heterocycles. The van der Waals surface area contributed by atoms with Crippen LogP contribution in [0.5, 0.6) is 5.75 Å². The van der Waals surface area contributed by atoms with Crippen molar-refractivity contribution >= 4 is 31.6 Å². The van der Waals surface area contributed by atoms with E-state index in [0.29, 0.717) is 24.7 Å². The fourth-order valence-electron chi connectivity index (χ4n) is 3.06. The molecule has 1 aliphatic heterocycles. The lowest BCUT2D eigenvalue weighted by Crippen LogP contribution is -2.40. The molecule has 1 saturated heterocycles. The molecule has 174 valence electrons. The summed E-state index contributed by atoms with van der Waals surface area (Å²) in [6, 6.07) is 11.6. The minimum absolute atomic E-state index is 0.0336. The Morgan fingerprint density at radius 1 is 1.00 bits per heavy atom. The van der Waals surface area contributed by atoms with Gasteiger partial charge in [0.05, 0.1) is 36.7 Å². The summed E-state index contributed by atoms with van der Waals surface area (Å²) in [5, 5.41) is 2.58. The maximum absolute atomic E-state index is 12.7. The van der Waals surface area contributed by atoms with Gasteiger partial charge in [0.1, 0.15) is 5.75 Å². The molecule has 0 bridgehead atoms. The Hall–Kier alpha value is -2.51. The van der Waals surface area contributed by atoms with Gasteiger partial charge in [-0.2, -0.15) is 8.61 Å². The summed E-state index contributed by atoms with van der Waals surface area (Å²) in [6.07, 6.45) is 0. The predicted molar refractivity (Wildman–Crippen MR) is 117 cm³/mol.